The van der Waals surface area contributed by atoms with Crippen molar-refractivity contribution in [3.63, 3.8) is 0 Å². The highest BCUT2D eigenvalue weighted by Gasteiger charge is 2.44. The lowest BCUT2D eigenvalue weighted by atomic mass is 10.3. The van der Waals surface area contributed by atoms with Crippen LogP contribution in [0.1, 0.15) is 6.42 Å². The fourth-order valence-corrected chi connectivity index (χ4v) is 3.38. The number of ether oxygens (including phenoxy) is 1. The standard InChI is InChI=1S/C12H14N4O4S/c1-20-11(17)9-5-8(9)6-15-21(18,19)10-7-14-12-13-3-2-4-16(10)12/h2-4,7-9,15H,5-6H2,1H3/t8-,9-/m1/s1. The molecule has 1 saturated carbocycles. The number of carbonyl (C=O) groups excluding carboxylic acids is 1. The average molecular weight is 310 g/mol. The molecule has 2 atom stereocenters. The van der Waals surface area contributed by atoms with Gasteiger partial charge in [0.25, 0.3) is 10.0 Å². The van der Waals surface area contributed by atoms with Crippen molar-refractivity contribution < 1.29 is 17.9 Å². The second-order valence-corrected chi connectivity index (χ2v) is 6.58. The van der Waals surface area contributed by atoms with Gasteiger partial charge in [0.1, 0.15) is 0 Å². The Hall–Kier alpha value is -2.00. The van der Waals surface area contributed by atoms with Crippen molar-refractivity contribution in [2.45, 2.75) is 11.4 Å². The van der Waals surface area contributed by atoms with E-state index in [1.807, 2.05) is 0 Å². The van der Waals surface area contributed by atoms with E-state index in [0.717, 1.165) is 0 Å². The minimum absolute atomic E-state index is 0.00969. The molecule has 0 unspecified atom stereocenters. The van der Waals surface area contributed by atoms with E-state index >= 15 is 0 Å². The highest BCUT2D eigenvalue weighted by Crippen LogP contribution is 2.38. The van der Waals surface area contributed by atoms with Gasteiger partial charge < -0.3 is 4.74 Å². The molecule has 0 saturated heterocycles. The number of nitrogens with one attached hydrogen (secondary N) is 1. The zero-order chi connectivity index (χ0) is 15.0. The monoisotopic (exact) mass is 310 g/mol. The van der Waals surface area contributed by atoms with Crippen molar-refractivity contribution in [1.29, 1.82) is 0 Å². The first-order chi connectivity index (χ1) is 10.0. The second kappa shape index (κ2) is 5.08. The number of aromatic nitrogens is 3. The number of imidazole rings is 1. The molecule has 0 spiro atoms. The highest BCUT2D eigenvalue weighted by molar-refractivity contribution is 7.89. The number of rotatable bonds is 5. The average Bonchev–Trinajstić information content (AvgIpc) is 3.13. The quantitative estimate of drug-likeness (QED) is 0.768. The van der Waals surface area contributed by atoms with Crippen molar-refractivity contribution in [3.05, 3.63) is 24.7 Å². The zero-order valence-corrected chi connectivity index (χ0v) is 12.1. The van der Waals surface area contributed by atoms with E-state index in [9.17, 15) is 13.2 Å². The van der Waals surface area contributed by atoms with Crippen LogP contribution in [0.5, 0.6) is 0 Å². The maximum absolute atomic E-state index is 12.3. The number of esters is 1. The van der Waals surface area contributed by atoms with Crippen LogP contribution >= 0.6 is 0 Å². The van der Waals surface area contributed by atoms with E-state index in [1.165, 1.54) is 23.9 Å². The van der Waals surface area contributed by atoms with Gasteiger partial charge in [0.2, 0.25) is 5.78 Å². The summed E-state index contributed by atoms with van der Waals surface area (Å²) in [5, 5.41) is 0.0286. The van der Waals surface area contributed by atoms with Gasteiger partial charge in [-0.1, -0.05) is 0 Å². The second-order valence-electron chi connectivity index (χ2n) is 4.86. The summed E-state index contributed by atoms with van der Waals surface area (Å²) in [6.45, 7) is 0.204. The lowest BCUT2D eigenvalue weighted by Crippen LogP contribution is -2.27. The van der Waals surface area contributed by atoms with Gasteiger partial charge in [-0.2, -0.15) is 0 Å². The molecule has 0 amide bonds. The Labute approximate surface area is 121 Å². The molecule has 1 fully saturated rings. The number of carbonyl (C=O) groups is 1. The van der Waals surface area contributed by atoms with Gasteiger partial charge >= 0.3 is 5.97 Å². The molecule has 112 valence electrons. The summed E-state index contributed by atoms with van der Waals surface area (Å²) in [5.74, 6) is -0.193. The predicted molar refractivity (Wildman–Crippen MR) is 71.8 cm³/mol. The van der Waals surface area contributed by atoms with Crippen molar-refractivity contribution in [2.24, 2.45) is 11.8 Å². The third-order valence-electron chi connectivity index (χ3n) is 3.49. The molecule has 0 bridgehead atoms. The number of hydrogen-bond donors (Lipinski definition) is 1. The SMILES string of the molecule is COC(=O)[C@@H]1C[C@@H]1CNS(=O)(=O)c1cnc2ncccn12. The van der Waals surface area contributed by atoms with Crippen LogP contribution in [0.4, 0.5) is 0 Å². The Kier molecular flexibility index (Phi) is 3.38. The van der Waals surface area contributed by atoms with Gasteiger partial charge in [-0.05, 0) is 18.4 Å². The van der Waals surface area contributed by atoms with Crippen molar-refractivity contribution in [1.82, 2.24) is 19.1 Å². The maximum atomic E-state index is 12.3. The zero-order valence-electron chi connectivity index (χ0n) is 11.3. The van der Waals surface area contributed by atoms with Crippen LogP contribution < -0.4 is 4.72 Å². The molecule has 1 aliphatic rings. The predicted octanol–water partition coefficient (Wildman–Crippen LogP) is -0.183. The van der Waals surface area contributed by atoms with E-state index in [2.05, 4.69) is 19.4 Å². The molecule has 21 heavy (non-hydrogen) atoms. The molecule has 1 aliphatic carbocycles. The summed E-state index contributed by atoms with van der Waals surface area (Å²) in [6.07, 6.45) is 5.02. The normalized spacial score (nSPS) is 21.4. The maximum Gasteiger partial charge on any atom is 0.308 e. The van der Waals surface area contributed by atoms with Crippen molar-refractivity contribution in [3.8, 4) is 0 Å². The smallest absolute Gasteiger partial charge is 0.308 e. The Balaban J connectivity index is 1.72. The number of hydrogen-bond acceptors (Lipinski definition) is 6. The molecule has 2 aromatic heterocycles. The summed E-state index contributed by atoms with van der Waals surface area (Å²) in [6, 6.07) is 1.63. The molecule has 9 heteroatoms. The Morgan fingerprint density at radius 2 is 2.33 bits per heavy atom. The molecule has 0 aromatic carbocycles. The number of fused-ring (bicyclic) bond motifs is 1. The minimum Gasteiger partial charge on any atom is -0.469 e. The fraction of sp³-hybridized carbons (Fsp3) is 0.417. The number of sulfonamides is 1. The molecule has 0 aliphatic heterocycles. The Morgan fingerprint density at radius 3 is 3.10 bits per heavy atom. The molecular formula is C12H14N4O4S. The number of methoxy groups -OCH3 is 1. The first-order valence-corrected chi connectivity index (χ1v) is 7.87. The van der Waals surface area contributed by atoms with Crippen LogP contribution in [-0.2, 0) is 19.6 Å². The van der Waals surface area contributed by atoms with E-state index in [4.69, 9.17) is 0 Å². The van der Waals surface area contributed by atoms with Gasteiger partial charge in [-0.25, -0.2) is 23.1 Å². The minimum atomic E-state index is -3.70. The molecule has 0 radical (unpaired) electrons. The van der Waals surface area contributed by atoms with Crippen molar-refractivity contribution in [2.75, 3.05) is 13.7 Å². The van der Waals surface area contributed by atoms with Gasteiger partial charge in [-0.15, -0.1) is 0 Å². The molecule has 2 heterocycles. The summed E-state index contributed by atoms with van der Waals surface area (Å²) in [7, 11) is -2.37. The molecule has 8 nitrogen and oxygen atoms in total. The van der Waals surface area contributed by atoms with Gasteiger partial charge in [0.15, 0.2) is 5.03 Å². The van der Waals surface area contributed by atoms with Crippen LogP contribution in [0, 0.1) is 11.8 Å². The van der Waals surface area contributed by atoms with E-state index < -0.39 is 10.0 Å². The van der Waals surface area contributed by atoms with Gasteiger partial charge in [-0.3, -0.25) is 9.20 Å². The molecule has 1 N–H and O–H groups in total. The van der Waals surface area contributed by atoms with Crippen LogP contribution in [0.15, 0.2) is 29.7 Å². The topological polar surface area (TPSA) is 103 Å². The Morgan fingerprint density at radius 1 is 1.52 bits per heavy atom. The van der Waals surface area contributed by atoms with Crippen LogP contribution in [-0.4, -0.2) is 42.4 Å². The van der Waals surface area contributed by atoms with Crippen molar-refractivity contribution >= 4 is 21.8 Å². The summed E-state index contributed by atoms with van der Waals surface area (Å²) in [4.78, 5) is 19.2. The largest absolute Gasteiger partial charge is 0.469 e. The highest BCUT2D eigenvalue weighted by atomic mass is 32.2. The van der Waals surface area contributed by atoms with E-state index in [-0.39, 0.29) is 29.4 Å². The fourth-order valence-electron chi connectivity index (χ4n) is 2.21. The van der Waals surface area contributed by atoms with Crippen LogP contribution in [0.3, 0.4) is 0 Å². The lowest BCUT2D eigenvalue weighted by molar-refractivity contribution is -0.142. The third kappa shape index (κ3) is 2.61. The first-order valence-electron chi connectivity index (χ1n) is 6.38. The Bertz CT molecular complexity index is 785. The lowest BCUT2D eigenvalue weighted by Gasteiger charge is -2.05. The molecular weight excluding hydrogens is 296 g/mol. The number of nitrogens with zero attached hydrogens (tertiary/aromatic N) is 3. The summed E-state index contributed by atoms with van der Waals surface area (Å²) in [5.41, 5.74) is 0. The van der Waals surface area contributed by atoms with E-state index in [0.29, 0.717) is 12.2 Å². The summed E-state index contributed by atoms with van der Waals surface area (Å²) >= 11 is 0. The summed E-state index contributed by atoms with van der Waals surface area (Å²) < 4.78 is 33.1. The van der Waals surface area contributed by atoms with Gasteiger partial charge in [0, 0.05) is 18.9 Å². The third-order valence-corrected chi connectivity index (χ3v) is 4.89. The van der Waals surface area contributed by atoms with Gasteiger partial charge in [0.05, 0.1) is 19.2 Å². The van der Waals surface area contributed by atoms with Crippen LogP contribution in [0.25, 0.3) is 5.78 Å². The molecule has 3 rings (SSSR count). The van der Waals surface area contributed by atoms with Crippen LogP contribution in [0.2, 0.25) is 0 Å². The van der Waals surface area contributed by atoms with E-state index in [1.54, 1.807) is 12.3 Å². The molecule has 2 aromatic rings. The first kappa shape index (κ1) is 14.0.